The quantitative estimate of drug-likeness (QED) is 0.187. The van der Waals surface area contributed by atoms with Gasteiger partial charge in [-0.3, -0.25) is 4.90 Å². The van der Waals surface area contributed by atoms with Gasteiger partial charge in [-0.25, -0.2) is 9.11 Å². The number of anilines is 2. The summed E-state index contributed by atoms with van der Waals surface area (Å²) in [5, 5.41) is 0. The summed E-state index contributed by atoms with van der Waals surface area (Å²) in [7, 11) is -3.65. The lowest BCUT2D eigenvalue weighted by Crippen LogP contribution is -2.56. The van der Waals surface area contributed by atoms with Crippen molar-refractivity contribution >= 4 is 21.7 Å². The molecule has 258 valence electrons. The van der Waals surface area contributed by atoms with E-state index in [1.165, 1.54) is 6.92 Å². The summed E-state index contributed by atoms with van der Waals surface area (Å²) in [4.78, 5) is 13.8. The number of hydrogen-bond donors (Lipinski definition) is 3. The average molecular weight is 692 g/mol. The second-order valence-electron chi connectivity index (χ2n) is 13.4. The summed E-state index contributed by atoms with van der Waals surface area (Å²) in [6, 6.07) is 0.928. The molecular formula is C32H37F4N7O4S. The van der Waals surface area contributed by atoms with E-state index in [4.69, 9.17) is 20.2 Å². The van der Waals surface area contributed by atoms with Gasteiger partial charge in [-0.15, -0.1) is 5.92 Å². The predicted octanol–water partition coefficient (Wildman–Crippen LogP) is 3.35. The van der Waals surface area contributed by atoms with Crippen molar-refractivity contribution in [3.05, 3.63) is 52.0 Å². The number of nitrogens with zero attached hydrogens (tertiary/aromatic N) is 4. The lowest BCUT2D eigenvalue weighted by molar-refractivity contribution is -0.140. The van der Waals surface area contributed by atoms with Crippen LogP contribution in [-0.4, -0.2) is 73.7 Å². The van der Waals surface area contributed by atoms with Crippen LogP contribution in [0, 0.1) is 17.7 Å². The van der Waals surface area contributed by atoms with E-state index in [9.17, 15) is 21.6 Å². The molecule has 6 heterocycles. The van der Waals surface area contributed by atoms with Crippen LogP contribution in [-0.2, 0) is 34.2 Å². The highest BCUT2D eigenvalue weighted by Crippen LogP contribution is 2.45. The first-order valence-corrected chi connectivity index (χ1v) is 17.4. The molecule has 0 bridgehead atoms. The van der Waals surface area contributed by atoms with E-state index in [0.717, 1.165) is 44.0 Å². The van der Waals surface area contributed by atoms with Gasteiger partial charge in [0.15, 0.2) is 5.82 Å². The molecule has 1 aromatic carbocycles. The van der Waals surface area contributed by atoms with Crippen LogP contribution in [0.2, 0.25) is 0 Å². The van der Waals surface area contributed by atoms with Gasteiger partial charge in [-0.05, 0) is 51.6 Å². The van der Waals surface area contributed by atoms with Crippen molar-refractivity contribution < 1.29 is 35.5 Å². The predicted molar refractivity (Wildman–Crippen MR) is 169 cm³/mol. The minimum atomic E-state index is -4.94. The first-order chi connectivity index (χ1) is 22.7. The number of fused-ring (bicyclic) bond motifs is 2. The van der Waals surface area contributed by atoms with Gasteiger partial charge in [0.05, 0.1) is 40.7 Å². The van der Waals surface area contributed by atoms with Crippen molar-refractivity contribution in [3.63, 3.8) is 0 Å². The number of alkyl halides is 3. The van der Waals surface area contributed by atoms with Gasteiger partial charge in [0.1, 0.15) is 12.4 Å². The van der Waals surface area contributed by atoms with Crippen molar-refractivity contribution in [2.45, 2.75) is 75.4 Å². The molecule has 0 radical (unpaired) electrons. The third kappa shape index (κ3) is 5.89. The van der Waals surface area contributed by atoms with Crippen LogP contribution in [0.3, 0.4) is 0 Å². The molecule has 4 fully saturated rings. The molecule has 48 heavy (non-hydrogen) atoms. The second kappa shape index (κ2) is 11.8. The fraction of sp³-hybridized carbons (Fsp3) is 0.562. The third-order valence-electron chi connectivity index (χ3n) is 10.1. The molecule has 2 aromatic rings. The molecule has 5 aliphatic heterocycles. The number of aromatic nitrogens is 2. The molecule has 1 aromatic heterocycles. The fourth-order valence-corrected chi connectivity index (χ4v) is 9.41. The molecular weight excluding hydrogens is 654 g/mol. The first kappa shape index (κ1) is 33.0. The summed E-state index contributed by atoms with van der Waals surface area (Å²) in [6.07, 6.45) is -2.58. The molecule has 0 amide bonds. The molecule has 0 aliphatic carbocycles. The number of nitrogens with two attached hydrogens (primary N) is 1. The highest BCUT2D eigenvalue weighted by Gasteiger charge is 2.48. The minimum absolute atomic E-state index is 0.0366. The zero-order valence-corrected chi connectivity index (χ0v) is 27.3. The lowest BCUT2D eigenvalue weighted by atomic mass is 9.89. The Bertz CT molecular complexity index is 1850. The van der Waals surface area contributed by atoms with Crippen LogP contribution in [0.1, 0.15) is 73.1 Å². The van der Waals surface area contributed by atoms with E-state index in [1.807, 2.05) is 4.90 Å². The summed E-state index contributed by atoms with van der Waals surface area (Å²) in [5.74, 6) is 4.09. The molecule has 4 N–H and O–H groups in total. The maximum atomic E-state index is 15.6. The zero-order valence-electron chi connectivity index (χ0n) is 26.5. The summed E-state index contributed by atoms with van der Waals surface area (Å²) < 4.78 is 101. The van der Waals surface area contributed by atoms with Crippen LogP contribution < -0.4 is 24.8 Å². The molecule has 0 saturated carbocycles. The van der Waals surface area contributed by atoms with Gasteiger partial charge in [-0.1, -0.05) is 18.1 Å². The molecule has 0 unspecified atom stereocenters. The average Bonchev–Trinajstić information content (AvgIpc) is 3.65. The summed E-state index contributed by atoms with van der Waals surface area (Å²) >= 11 is 0. The smallest absolute Gasteiger partial charge is 0.418 e. The van der Waals surface area contributed by atoms with Crippen LogP contribution in [0.15, 0.2) is 18.2 Å². The number of halogens is 4. The molecule has 1 spiro atoms. The van der Waals surface area contributed by atoms with Gasteiger partial charge in [-0.2, -0.15) is 36.3 Å². The van der Waals surface area contributed by atoms with Crippen molar-refractivity contribution in [2.24, 2.45) is 0 Å². The normalized spacial score (nSPS) is 28.3. The molecule has 5 aliphatic rings. The molecule has 7 rings (SSSR count). The van der Waals surface area contributed by atoms with Crippen molar-refractivity contribution in [2.75, 3.05) is 50.0 Å². The number of benzene rings is 1. The monoisotopic (exact) mass is 691 g/mol. The Morgan fingerprint density at radius 1 is 1.25 bits per heavy atom. The largest absolute Gasteiger partial charge is 0.461 e. The van der Waals surface area contributed by atoms with Crippen LogP contribution in [0.4, 0.5) is 29.1 Å². The zero-order chi connectivity index (χ0) is 34.1. The number of piperidine rings is 1. The number of rotatable bonds is 5. The maximum Gasteiger partial charge on any atom is 0.418 e. The van der Waals surface area contributed by atoms with Crippen LogP contribution in [0.5, 0.6) is 6.01 Å². The standard InChI is InChI=1S/C32H37F4N7O4S/c1-3-6-20-11-22(37)27(33)25(26(20)32(34,35)36)24-12-23-21(15-46-24)28(42-9-4-7-30(17-42)16-38-48(44,45)41-30)40-29(39-23)47-18-31-8-5-10-43(31)14-19(2)13-31/h11,24,38,41H,2,4-5,7-10,12-18,37H2,1H3/t24-,30+,31-/m0/s1. The van der Waals surface area contributed by atoms with Gasteiger partial charge in [0.2, 0.25) is 0 Å². The van der Waals surface area contributed by atoms with E-state index >= 15 is 4.39 Å². The Balaban J connectivity index is 1.28. The first-order valence-electron chi connectivity index (χ1n) is 15.9. The number of nitrogens with one attached hydrogen (secondary N) is 2. The summed E-state index contributed by atoms with van der Waals surface area (Å²) in [6.45, 7) is 8.36. The molecule has 4 saturated heterocycles. The van der Waals surface area contributed by atoms with Crippen molar-refractivity contribution in [3.8, 4) is 17.9 Å². The number of nitrogen functional groups attached to an aromatic ring is 1. The van der Waals surface area contributed by atoms with E-state index in [0.29, 0.717) is 43.1 Å². The highest BCUT2D eigenvalue weighted by atomic mass is 32.2. The molecule has 11 nitrogen and oxygen atoms in total. The van der Waals surface area contributed by atoms with Gasteiger partial charge in [0, 0.05) is 49.3 Å². The number of ether oxygens (including phenoxy) is 2. The lowest BCUT2D eigenvalue weighted by Gasteiger charge is -2.41. The van der Waals surface area contributed by atoms with Crippen molar-refractivity contribution in [1.29, 1.82) is 0 Å². The number of hydrogen-bond acceptors (Lipinski definition) is 9. The Hall–Kier alpha value is -3.49. The topological polar surface area (TPSA) is 135 Å². The maximum absolute atomic E-state index is 15.6. The highest BCUT2D eigenvalue weighted by molar-refractivity contribution is 7.87. The second-order valence-corrected chi connectivity index (χ2v) is 14.9. The fourth-order valence-electron chi connectivity index (χ4n) is 8.06. The van der Waals surface area contributed by atoms with E-state index < -0.39 is 56.2 Å². The Morgan fingerprint density at radius 2 is 2.04 bits per heavy atom. The third-order valence-corrected chi connectivity index (χ3v) is 11.3. The molecule has 3 atom stereocenters. The van der Waals surface area contributed by atoms with E-state index in [1.54, 1.807) is 0 Å². The van der Waals surface area contributed by atoms with E-state index in [2.05, 4.69) is 37.7 Å². The Labute approximate surface area is 276 Å². The SMILES string of the molecule is C=C1CN2CCC[C@@]2(COc2nc3c(c(N4CCC[C@@]5(CNS(=O)(=O)N5)C4)n2)CO[C@H](c2c(F)c(N)cc(C#CC)c2C(F)(F)F)C3)C1. The van der Waals surface area contributed by atoms with E-state index in [-0.39, 0.29) is 37.7 Å². The van der Waals surface area contributed by atoms with Crippen molar-refractivity contribution in [1.82, 2.24) is 24.3 Å². The van der Waals surface area contributed by atoms with Crippen LogP contribution >= 0.6 is 0 Å². The Morgan fingerprint density at radius 3 is 2.77 bits per heavy atom. The summed E-state index contributed by atoms with van der Waals surface area (Å²) in [5.41, 5.74) is 3.97. The van der Waals surface area contributed by atoms with Crippen LogP contribution in [0.25, 0.3) is 0 Å². The van der Waals surface area contributed by atoms with Gasteiger partial charge >= 0.3 is 12.2 Å². The Kier molecular flexibility index (Phi) is 8.14. The van der Waals surface area contributed by atoms with Gasteiger partial charge in [0.25, 0.3) is 10.2 Å². The minimum Gasteiger partial charge on any atom is -0.461 e. The van der Waals surface area contributed by atoms with Gasteiger partial charge < -0.3 is 20.1 Å². The molecule has 16 heteroatoms.